The van der Waals surface area contributed by atoms with Gasteiger partial charge in [-0.3, -0.25) is 4.79 Å². The number of sulfonamides is 1. The van der Waals surface area contributed by atoms with Crippen LogP contribution in [0.2, 0.25) is 0 Å². The van der Waals surface area contributed by atoms with E-state index in [1.165, 1.54) is 4.31 Å². The Hall–Kier alpha value is -1.15. The Labute approximate surface area is 174 Å². The summed E-state index contributed by atoms with van der Waals surface area (Å²) in [6.45, 7) is 8.30. The maximum atomic E-state index is 12.9. The van der Waals surface area contributed by atoms with E-state index in [1.807, 2.05) is 24.0 Å². The van der Waals surface area contributed by atoms with Crippen molar-refractivity contribution in [1.29, 1.82) is 0 Å². The number of nitrogens with two attached hydrogens (primary N) is 1. The number of hydrogen-bond acceptors (Lipinski definition) is 4. The third-order valence-electron chi connectivity index (χ3n) is 6.09. The molecule has 2 aliphatic rings. The van der Waals surface area contributed by atoms with E-state index >= 15 is 0 Å². The molecule has 0 saturated carbocycles. The van der Waals surface area contributed by atoms with E-state index in [-0.39, 0.29) is 35.7 Å². The lowest BCUT2D eigenvalue weighted by Crippen LogP contribution is -2.55. The summed E-state index contributed by atoms with van der Waals surface area (Å²) < 4.78 is 27.1. The molecule has 8 heteroatoms. The van der Waals surface area contributed by atoms with Crippen molar-refractivity contribution in [2.45, 2.75) is 51.0 Å². The lowest BCUT2D eigenvalue weighted by Gasteiger charge is -2.44. The number of carbonyl (C=O) groups is 1. The molecule has 2 N–H and O–H groups in total. The van der Waals surface area contributed by atoms with Crippen LogP contribution in [-0.4, -0.2) is 55.8 Å². The van der Waals surface area contributed by atoms with Gasteiger partial charge in [0.2, 0.25) is 15.9 Å². The van der Waals surface area contributed by atoms with Crippen molar-refractivity contribution in [1.82, 2.24) is 9.21 Å². The average Bonchev–Trinajstić information content (AvgIpc) is 2.64. The molecule has 2 heterocycles. The molecule has 2 saturated heterocycles. The fourth-order valence-corrected chi connectivity index (χ4v) is 5.49. The van der Waals surface area contributed by atoms with Gasteiger partial charge < -0.3 is 10.6 Å². The summed E-state index contributed by atoms with van der Waals surface area (Å²) in [5, 5.41) is 0. The highest BCUT2D eigenvalue weighted by Crippen LogP contribution is 2.31. The molecular formula is C20H32ClN3O3S. The minimum Gasteiger partial charge on any atom is -0.342 e. The Morgan fingerprint density at radius 1 is 1.07 bits per heavy atom. The number of hydrogen-bond donors (Lipinski definition) is 1. The standard InChI is InChI=1S/C20H31N3O3S.ClH/c1-15-4-6-17(7-5-15)27(25,26)23-12-8-16(9-13-23)19(24)22-11-10-18(21)20(2,3)14-22;/h4-7,16,18H,8-14,21H2,1-3H3;1H. The van der Waals surface area contributed by atoms with Gasteiger partial charge in [0.25, 0.3) is 0 Å². The molecule has 1 unspecified atom stereocenters. The van der Waals surface area contributed by atoms with Crippen molar-refractivity contribution in [2.24, 2.45) is 17.1 Å². The van der Waals surface area contributed by atoms with Gasteiger partial charge in [-0.25, -0.2) is 8.42 Å². The summed E-state index contributed by atoms with van der Waals surface area (Å²) in [6.07, 6.45) is 1.97. The topological polar surface area (TPSA) is 83.7 Å². The molecule has 158 valence electrons. The van der Waals surface area contributed by atoms with Crippen molar-refractivity contribution >= 4 is 28.3 Å². The van der Waals surface area contributed by atoms with E-state index in [9.17, 15) is 13.2 Å². The van der Waals surface area contributed by atoms with Crippen LogP contribution in [0.3, 0.4) is 0 Å². The monoisotopic (exact) mass is 429 g/mol. The minimum absolute atomic E-state index is 0. The summed E-state index contributed by atoms with van der Waals surface area (Å²) in [7, 11) is -3.49. The number of likely N-dealkylation sites (tertiary alicyclic amines) is 1. The summed E-state index contributed by atoms with van der Waals surface area (Å²) in [4.78, 5) is 15.2. The predicted molar refractivity (Wildman–Crippen MR) is 113 cm³/mol. The fourth-order valence-electron chi connectivity index (χ4n) is 4.02. The van der Waals surface area contributed by atoms with Crippen LogP contribution in [-0.2, 0) is 14.8 Å². The number of aryl methyl sites for hydroxylation is 1. The van der Waals surface area contributed by atoms with Crippen molar-refractivity contribution < 1.29 is 13.2 Å². The zero-order valence-electron chi connectivity index (χ0n) is 16.9. The predicted octanol–water partition coefficient (Wildman–Crippen LogP) is 2.40. The van der Waals surface area contributed by atoms with Crippen LogP contribution in [0, 0.1) is 18.3 Å². The Morgan fingerprint density at radius 3 is 2.18 bits per heavy atom. The second-order valence-corrected chi connectivity index (χ2v) is 10.6. The third-order valence-corrected chi connectivity index (χ3v) is 8.00. The summed E-state index contributed by atoms with van der Waals surface area (Å²) in [6, 6.07) is 7.04. The third kappa shape index (κ3) is 4.70. The zero-order chi connectivity index (χ0) is 19.8. The van der Waals surface area contributed by atoms with E-state index in [1.54, 1.807) is 12.1 Å². The van der Waals surface area contributed by atoms with E-state index in [4.69, 9.17) is 5.73 Å². The first-order chi connectivity index (χ1) is 12.6. The second kappa shape index (κ2) is 8.69. The molecule has 1 aromatic carbocycles. The number of rotatable bonds is 3. The maximum absolute atomic E-state index is 12.9. The molecule has 28 heavy (non-hydrogen) atoms. The number of benzene rings is 1. The molecule has 0 bridgehead atoms. The normalized spacial score (nSPS) is 23.9. The van der Waals surface area contributed by atoms with Crippen LogP contribution in [0.15, 0.2) is 29.2 Å². The first-order valence-electron chi connectivity index (χ1n) is 9.72. The molecule has 3 rings (SSSR count). The highest BCUT2D eigenvalue weighted by Gasteiger charge is 2.39. The van der Waals surface area contributed by atoms with E-state index in [2.05, 4.69) is 13.8 Å². The van der Waals surface area contributed by atoms with Crippen LogP contribution in [0.25, 0.3) is 0 Å². The van der Waals surface area contributed by atoms with Crippen LogP contribution in [0.4, 0.5) is 0 Å². The van der Waals surface area contributed by atoms with Crippen molar-refractivity contribution in [3.8, 4) is 0 Å². The van der Waals surface area contributed by atoms with Crippen molar-refractivity contribution in [3.63, 3.8) is 0 Å². The van der Waals surface area contributed by atoms with Gasteiger partial charge in [-0.05, 0) is 43.7 Å². The quantitative estimate of drug-likeness (QED) is 0.799. The molecule has 2 aliphatic heterocycles. The van der Waals surface area contributed by atoms with Gasteiger partial charge in [-0.1, -0.05) is 31.5 Å². The van der Waals surface area contributed by atoms with E-state index in [0.717, 1.165) is 12.0 Å². The molecule has 0 aromatic heterocycles. The van der Waals surface area contributed by atoms with E-state index in [0.29, 0.717) is 43.9 Å². The highest BCUT2D eigenvalue weighted by molar-refractivity contribution is 7.89. The van der Waals surface area contributed by atoms with Crippen molar-refractivity contribution in [2.75, 3.05) is 26.2 Å². The van der Waals surface area contributed by atoms with Crippen LogP contribution in [0.5, 0.6) is 0 Å². The van der Waals surface area contributed by atoms with Gasteiger partial charge in [0.1, 0.15) is 0 Å². The molecule has 0 aliphatic carbocycles. The first kappa shape index (κ1) is 23.1. The van der Waals surface area contributed by atoms with Crippen LogP contribution in [0.1, 0.15) is 38.7 Å². The van der Waals surface area contributed by atoms with Gasteiger partial charge in [0, 0.05) is 38.1 Å². The van der Waals surface area contributed by atoms with Crippen LogP contribution >= 0.6 is 12.4 Å². The lowest BCUT2D eigenvalue weighted by molar-refractivity contribution is -0.140. The Bertz CT molecular complexity index is 787. The first-order valence-corrected chi connectivity index (χ1v) is 11.2. The Balaban J connectivity index is 0.00000280. The Morgan fingerprint density at radius 2 is 1.64 bits per heavy atom. The molecule has 1 aromatic rings. The fraction of sp³-hybridized carbons (Fsp3) is 0.650. The number of piperidine rings is 2. The number of nitrogens with zero attached hydrogens (tertiary/aromatic N) is 2. The molecule has 1 amide bonds. The van der Waals surface area contributed by atoms with Crippen molar-refractivity contribution in [3.05, 3.63) is 29.8 Å². The number of amides is 1. The molecule has 0 radical (unpaired) electrons. The second-order valence-electron chi connectivity index (χ2n) is 8.63. The minimum atomic E-state index is -3.49. The average molecular weight is 430 g/mol. The summed E-state index contributed by atoms with van der Waals surface area (Å²) in [5.41, 5.74) is 7.12. The molecule has 1 atom stereocenters. The molecule has 6 nitrogen and oxygen atoms in total. The number of carbonyl (C=O) groups excluding carboxylic acids is 1. The van der Waals surface area contributed by atoms with Gasteiger partial charge in [0.05, 0.1) is 4.90 Å². The lowest BCUT2D eigenvalue weighted by atomic mass is 9.79. The summed E-state index contributed by atoms with van der Waals surface area (Å²) in [5.74, 6) is 0.0574. The number of halogens is 1. The molecular weight excluding hydrogens is 398 g/mol. The van der Waals surface area contributed by atoms with Gasteiger partial charge in [-0.15, -0.1) is 12.4 Å². The molecule has 2 fully saturated rings. The highest BCUT2D eigenvalue weighted by atomic mass is 35.5. The largest absolute Gasteiger partial charge is 0.342 e. The smallest absolute Gasteiger partial charge is 0.243 e. The SMILES string of the molecule is Cc1ccc(S(=O)(=O)N2CCC(C(=O)N3CCC(N)C(C)(C)C3)CC2)cc1.Cl. The van der Waals surface area contributed by atoms with Gasteiger partial charge in [-0.2, -0.15) is 4.31 Å². The molecule has 0 spiro atoms. The Kier molecular flexibility index (Phi) is 7.18. The zero-order valence-corrected chi connectivity index (χ0v) is 18.6. The van der Waals surface area contributed by atoms with Gasteiger partial charge in [0.15, 0.2) is 0 Å². The van der Waals surface area contributed by atoms with E-state index < -0.39 is 10.0 Å². The van der Waals surface area contributed by atoms with Gasteiger partial charge >= 0.3 is 0 Å². The summed E-state index contributed by atoms with van der Waals surface area (Å²) >= 11 is 0. The van der Waals surface area contributed by atoms with Crippen LogP contribution < -0.4 is 5.73 Å². The maximum Gasteiger partial charge on any atom is 0.243 e.